The van der Waals surface area contributed by atoms with Crippen LogP contribution >= 0.6 is 22.7 Å². The van der Waals surface area contributed by atoms with Crippen molar-refractivity contribution in [2.75, 3.05) is 5.32 Å². The molecule has 166 valence electrons. The number of hydrogen-bond acceptors (Lipinski definition) is 8. The van der Waals surface area contributed by atoms with Crippen molar-refractivity contribution in [3.8, 4) is 11.3 Å². The second-order valence-electron chi connectivity index (χ2n) is 7.40. The molecule has 0 spiro atoms. The van der Waals surface area contributed by atoms with Crippen LogP contribution in [-0.4, -0.2) is 27.9 Å². The van der Waals surface area contributed by atoms with E-state index in [2.05, 4.69) is 10.3 Å². The van der Waals surface area contributed by atoms with Crippen molar-refractivity contribution >= 4 is 45.4 Å². The van der Waals surface area contributed by atoms with Gasteiger partial charge in [0, 0.05) is 28.0 Å². The molecule has 0 fully saturated rings. The predicted octanol–water partition coefficient (Wildman–Crippen LogP) is 5.23. The normalized spacial score (nSPS) is 13.8. The summed E-state index contributed by atoms with van der Waals surface area (Å²) in [6, 6.07) is 8.02. The average Bonchev–Trinajstić information content (AvgIpc) is 3.44. The number of carbonyl (C=O) groups excluding carboxylic acids is 2. The zero-order valence-electron chi connectivity index (χ0n) is 17.3. The highest BCUT2D eigenvalue weighted by Gasteiger charge is 2.25. The Balaban J connectivity index is 1.41. The highest BCUT2D eigenvalue weighted by atomic mass is 32.1. The van der Waals surface area contributed by atoms with Crippen LogP contribution in [0.25, 0.3) is 11.3 Å². The van der Waals surface area contributed by atoms with E-state index in [0.717, 1.165) is 25.7 Å². The van der Waals surface area contributed by atoms with Crippen LogP contribution in [0.5, 0.6) is 0 Å². The molecule has 0 saturated heterocycles. The van der Waals surface area contributed by atoms with E-state index in [-0.39, 0.29) is 5.69 Å². The highest BCUT2D eigenvalue weighted by molar-refractivity contribution is 7.14. The van der Waals surface area contributed by atoms with Crippen molar-refractivity contribution < 1.29 is 19.2 Å². The van der Waals surface area contributed by atoms with Crippen LogP contribution in [0.2, 0.25) is 0 Å². The first kappa shape index (κ1) is 22.1. The Kier molecular flexibility index (Phi) is 6.61. The van der Waals surface area contributed by atoms with Crippen LogP contribution in [0.15, 0.2) is 35.7 Å². The minimum absolute atomic E-state index is 0.0331. The molecule has 8 nitrogen and oxygen atoms in total. The number of nitrogens with one attached hydrogen (secondary N) is 1. The van der Waals surface area contributed by atoms with Crippen molar-refractivity contribution in [3.05, 3.63) is 61.1 Å². The van der Waals surface area contributed by atoms with E-state index >= 15 is 0 Å². The minimum atomic E-state index is -0.938. The molecule has 1 amide bonds. The van der Waals surface area contributed by atoms with Gasteiger partial charge < -0.3 is 4.74 Å². The molecule has 3 aromatic rings. The number of anilines is 1. The van der Waals surface area contributed by atoms with E-state index in [1.54, 1.807) is 24.4 Å². The second kappa shape index (κ2) is 9.58. The number of aromatic nitrogens is 1. The lowest BCUT2D eigenvalue weighted by atomic mass is 9.99. The molecule has 0 saturated carbocycles. The summed E-state index contributed by atoms with van der Waals surface area (Å²) in [5, 5.41) is 15.7. The number of ether oxygens (including phenoxy) is 1. The number of nitrogens with zero attached hydrogens (tertiary/aromatic N) is 2. The summed E-state index contributed by atoms with van der Waals surface area (Å²) in [5.41, 5.74) is 2.27. The van der Waals surface area contributed by atoms with Crippen LogP contribution in [0.4, 0.5) is 10.8 Å². The Morgan fingerprint density at radius 3 is 2.84 bits per heavy atom. The number of amides is 1. The molecule has 10 heteroatoms. The van der Waals surface area contributed by atoms with E-state index in [1.807, 2.05) is 6.07 Å². The van der Waals surface area contributed by atoms with Gasteiger partial charge in [0.2, 0.25) is 0 Å². The van der Waals surface area contributed by atoms with Gasteiger partial charge in [-0.3, -0.25) is 20.2 Å². The second-order valence-corrected chi connectivity index (χ2v) is 9.40. The standard InChI is InChI=1S/C22H21N3O5S2/c1-2-17(30-21(27)19-11-14-6-3-4-9-18(14)32-19)20(26)24-22-23-16(12-31-22)13-7-5-8-15(10-13)25(28)29/h5,7-8,10-12,17H,2-4,6,9H2,1H3,(H,23,24,26). The SMILES string of the molecule is CCC(OC(=O)c1cc2c(s1)CCCC2)C(=O)Nc1nc(-c2cccc([N+](=O)[O-])c2)cs1. The third kappa shape index (κ3) is 4.86. The fourth-order valence-corrected chi connectivity index (χ4v) is 5.39. The number of nitro benzene ring substituents is 1. The van der Waals surface area contributed by atoms with Gasteiger partial charge in [-0.25, -0.2) is 9.78 Å². The monoisotopic (exact) mass is 471 g/mol. The summed E-state index contributed by atoms with van der Waals surface area (Å²) in [7, 11) is 0. The van der Waals surface area contributed by atoms with E-state index < -0.39 is 22.9 Å². The maximum Gasteiger partial charge on any atom is 0.349 e. The molecule has 1 N–H and O–H groups in total. The van der Waals surface area contributed by atoms with Gasteiger partial charge in [-0.1, -0.05) is 19.1 Å². The Hall–Kier alpha value is -3.11. The third-order valence-corrected chi connectivity index (χ3v) is 7.17. The average molecular weight is 472 g/mol. The largest absolute Gasteiger partial charge is 0.448 e. The van der Waals surface area contributed by atoms with E-state index in [1.165, 1.54) is 45.2 Å². The van der Waals surface area contributed by atoms with Crippen LogP contribution in [0, 0.1) is 10.1 Å². The highest BCUT2D eigenvalue weighted by Crippen LogP contribution is 2.31. The van der Waals surface area contributed by atoms with Gasteiger partial charge in [-0.15, -0.1) is 22.7 Å². The summed E-state index contributed by atoms with van der Waals surface area (Å²) >= 11 is 2.65. The van der Waals surface area contributed by atoms with Crippen LogP contribution in [0.1, 0.15) is 46.3 Å². The summed E-state index contributed by atoms with van der Waals surface area (Å²) in [6.45, 7) is 1.77. The van der Waals surface area contributed by atoms with E-state index in [4.69, 9.17) is 4.74 Å². The molecular weight excluding hydrogens is 450 g/mol. The maximum atomic E-state index is 12.7. The zero-order chi connectivity index (χ0) is 22.7. The minimum Gasteiger partial charge on any atom is -0.448 e. The molecular formula is C22H21N3O5S2. The van der Waals surface area contributed by atoms with Crippen molar-refractivity contribution in [2.45, 2.75) is 45.1 Å². The number of fused-ring (bicyclic) bond motifs is 1. The summed E-state index contributed by atoms with van der Waals surface area (Å²) in [6.07, 6.45) is 3.62. The smallest absolute Gasteiger partial charge is 0.349 e. The number of esters is 1. The first-order valence-electron chi connectivity index (χ1n) is 10.3. The lowest BCUT2D eigenvalue weighted by molar-refractivity contribution is -0.384. The quantitative estimate of drug-likeness (QED) is 0.287. The molecule has 1 aliphatic carbocycles. The first-order chi connectivity index (χ1) is 15.4. The molecule has 1 aromatic carbocycles. The Labute approximate surface area is 192 Å². The van der Waals surface area contributed by atoms with Gasteiger partial charge >= 0.3 is 5.97 Å². The molecule has 2 aromatic heterocycles. The number of nitro groups is 1. The van der Waals surface area contributed by atoms with Gasteiger partial charge in [0.25, 0.3) is 11.6 Å². The first-order valence-corrected chi connectivity index (χ1v) is 12.0. The fraction of sp³-hybridized carbons (Fsp3) is 0.318. The summed E-state index contributed by atoms with van der Waals surface area (Å²) < 4.78 is 5.49. The van der Waals surface area contributed by atoms with E-state index in [0.29, 0.717) is 27.7 Å². The molecule has 1 atom stereocenters. The molecule has 1 unspecified atom stereocenters. The van der Waals surface area contributed by atoms with Crippen molar-refractivity contribution in [1.29, 1.82) is 0 Å². The van der Waals surface area contributed by atoms with Gasteiger partial charge in [0.05, 0.1) is 10.6 Å². The lowest BCUT2D eigenvalue weighted by Crippen LogP contribution is -2.31. The molecule has 0 bridgehead atoms. The molecule has 0 aliphatic heterocycles. The Morgan fingerprint density at radius 2 is 2.09 bits per heavy atom. The van der Waals surface area contributed by atoms with Gasteiger partial charge in [0.1, 0.15) is 4.88 Å². The summed E-state index contributed by atoms with van der Waals surface area (Å²) in [5.74, 6) is -0.940. The van der Waals surface area contributed by atoms with Crippen LogP contribution in [-0.2, 0) is 22.4 Å². The Morgan fingerprint density at radius 1 is 1.28 bits per heavy atom. The number of non-ortho nitro benzene ring substituents is 1. The van der Waals surface area contributed by atoms with Crippen molar-refractivity contribution in [3.63, 3.8) is 0 Å². The maximum absolute atomic E-state index is 12.7. The molecule has 4 rings (SSSR count). The number of aryl methyl sites for hydroxylation is 2. The predicted molar refractivity (Wildman–Crippen MR) is 123 cm³/mol. The number of thiophene rings is 1. The van der Waals surface area contributed by atoms with Gasteiger partial charge in [-0.2, -0.15) is 0 Å². The summed E-state index contributed by atoms with van der Waals surface area (Å²) in [4.78, 5) is 41.9. The van der Waals surface area contributed by atoms with Crippen LogP contribution < -0.4 is 5.32 Å². The third-order valence-electron chi connectivity index (χ3n) is 5.20. The van der Waals surface area contributed by atoms with Gasteiger partial charge in [0.15, 0.2) is 11.2 Å². The number of thiazole rings is 1. The Bertz CT molecular complexity index is 1150. The number of carbonyl (C=O) groups is 2. The molecule has 32 heavy (non-hydrogen) atoms. The molecule has 1 aliphatic rings. The van der Waals surface area contributed by atoms with Crippen molar-refractivity contribution in [1.82, 2.24) is 4.98 Å². The van der Waals surface area contributed by atoms with Gasteiger partial charge in [-0.05, 0) is 43.7 Å². The number of rotatable bonds is 7. The van der Waals surface area contributed by atoms with Crippen molar-refractivity contribution in [2.24, 2.45) is 0 Å². The van der Waals surface area contributed by atoms with Crippen LogP contribution in [0.3, 0.4) is 0 Å². The van der Waals surface area contributed by atoms with E-state index in [9.17, 15) is 19.7 Å². The number of benzene rings is 1. The zero-order valence-corrected chi connectivity index (χ0v) is 19.0. The molecule has 0 radical (unpaired) electrons. The lowest BCUT2D eigenvalue weighted by Gasteiger charge is -2.14. The number of hydrogen-bond donors (Lipinski definition) is 1. The molecule has 2 heterocycles. The fourth-order valence-electron chi connectivity index (χ4n) is 3.53. The topological polar surface area (TPSA) is 111 Å².